The molecule has 1 aliphatic rings. The normalized spacial score (nSPS) is 15.9. The molecule has 1 aromatic rings. The Morgan fingerprint density at radius 3 is 2.39 bits per heavy atom. The minimum Gasteiger partial charge on any atom is -0.493 e. The van der Waals surface area contributed by atoms with Gasteiger partial charge in [-0.1, -0.05) is 18.6 Å². The Balaban J connectivity index is 0.00000162. The van der Waals surface area contributed by atoms with Crippen LogP contribution in [0.5, 0.6) is 11.5 Å². The first kappa shape index (κ1) is 15.1. The van der Waals surface area contributed by atoms with Crippen molar-refractivity contribution < 1.29 is 9.47 Å². The number of methoxy groups -OCH3 is 2. The molecule has 3 nitrogen and oxygen atoms in total. The van der Waals surface area contributed by atoms with E-state index in [1.165, 1.54) is 37.9 Å². The van der Waals surface area contributed by atoms with Crippen molar-refractivity contribution in [2.45, 2.75) is 25.8 Å². The van der Waals surface area contributed by atoms with E-state index in [2.05, 4.69) is 11.0 Å². The molecule has 0 aromatic heterocycles. The van der Waals surface area contributed by atoms with Crippen LogP contribution in [0.25, 0.3) is 0 Å². The molecule has 1 fully saturated rings. The predicted octanol–water partition coefficient (Wildman–Crippen LogP) is 3.11. The maximum Gasteiger partial charge on any atom is 0.165 e. The largest absolute Gasteiger partial charge is 0.493 e. The van der Waals surface area contributed by atoms with Gasteiger partial charge >= 0.3 is 0 Å². The number of piperidine rings is 1. The zero-order valence-corrected chi connectivity index (χ0v) is 12.0. The molecular weight excluding hydrogens is 250 g/mol. The minimum atomic E-state index is 0. The number of likely N-dealkylation sites (tertiary alicyclic amines) is 1. The highest BCUT2D eigenvalue weighted by atomic mass is 35.5. The van der Waals surface area contributed by atoms with E-state index in [1.54, 1.807) is 14.2 Å². The van der Waals surface area contributed by atoms with Crippen molar-refractivity contribution in [2.75, 3.05) is 27.3 Å². The van der Waals surface area contributed by atoms with Gasteiger partial charge in [-0.3, -0.25) is 4.90 Å². The first-order chi connectivity index (χ1) is 8.35. The molecule has 0 saturated carbocycles. The Morgan fingerprint density at radius 2 is 1.78 bits per heavy atom. The predicted molar refractivity (Wildman–Crippen MR) is 75.9 cm³/mol. The quantitative estimate of drug-likeness (QED) is 0.840. The van der Waals surface area contributed by atoms with Gasteiger partial charge in [0.05, 0.1) is 14.2 Å². The zero-order valence-electron chi connectivity index (χ0n) is 11.1. The second kappa shape index (κ2) is 7.49. The van der Waals surface area contributed by atoms with Crippen molar-refractivity contribution in [1.82, 2.24) is 4.90 Å². The molecule has 4 heteroatoms. The second-order valence-corrected chi connectivity index (χ2v) is 4.49. The summed E-state index contributed by atoms with van der Waals surface area (Å²) in [5.41, 5.74) is 1.22. The van der Waals surface area contributed by atoms with Crippen LogP contribution in [-0.4, -0.2) is 32.2 Å². The van der Waals surface area contributed by atoms with Gasteiger partial charge < -0.3 is 9.47 Å². The Labute approximate surface area is 115 Å². The van der Waals surface area contributed by atoms with Gasteiger partial charge in [0, 0.05) is 12.1 Å². The maximum atomic E-state index is 5.46. The molecule has 1 aliphatic heterocycles. The Hall–Kier alpha value is -0.930. The van der Waals surface area contributed by atoms with Gasteiger partial charge in [0.2, 0.25) is 0 Å². The minimum absolute atomic E-state index is 0. The van der Waals surface area contributed by atoms with Crippen LogP contribution in [0.2, 0.25) is 0 Å². The van der Waals surface area contributed by atoms with Crippen LogP contribution >= 0.6 is 12.4 Å². The van der Waals surface area contributed by atoms with Crippen LogP contribution in [0.15, 0.2) is 18.2 Å². The fourth-order valence-corrected chi connectivity index (χ4v) is 2.44. The molecule has 0 radical (unpaired) electrons. The lowest BCUT2D eigenvalue weighted by atomic mass is 10.1. The van der Waals surface area contributed by atoms with Crippen LogP contribution in [0.3, 0.4) is 0 Å². The SMILES string of the molecule is COc1cccc(CN2CCCCC2)c1OC.Cl. The van der Waals surface area contributed by atoms with E-state index in [0.717, 1.165) is 18.0 Å². The van der Waals surface area contributed by atoms with Crippen molar-refractivity contribution >= 4 is 12.4 Å². The topological polar surface area (TPSA) is 21.7 Å². The lowest BCUT2D eigenvalue weighted by Gasteiger charge is -2.27. The number of rotatable bonds is 4. The fourth-order valence-electron chi connectivity index (χ4n) is 2.44. The molecule has 0 N–H and O–H groups in total. The maximum absolute atomic E-state index is 5.46. The molecule has 1 saturated heterocycles. The number of ether oxygens (including phenoxy) is 2. The summed E-state index contributed by atoms with van der Waals surface area (Å²) in [6.07, 6.45) is 3.99. The lowest BCUT2D eigenvalue weighted by molar-refractivity contribution is 0.217. The highest BCUT2D eigenvalue weighted by Gasteiger charge is 2.15. The third-order valence-electron chi connectivity index (χ3n) is 3.33. The molecule has 18 heavy (non-hydrogen) atoms. The molecule has 102 valence electrons. The molecular formula is C14H22ClNO2. The Kier molecular flexibility index (Phi) is 6.30. The summed E-state index contributed by atoms with van der Waals surface area (Å²) in [5.74, 6) is 1.70. The second-order valence-electron chi connectivity index (χ2n) is 4.49. The van der Waals surface area contributed by atoms with Crippen molar-refractivity contribution in [3.8, 4) is 11.5 Å². The molecule has 0 aliphatic carbocycles. The summed E-state index contributed by atoms with van der Waals surface area (Å²) in [7, 11) is 3.39. The van der Waals surface area contributed by atoms with E-state index in [9.17, 15) is 0 Å². The first-order valence-corrected chi connectivity index (χ1v) is 6.27. The third-order valence-corrected chi connectivity index (χ3v) is 3.33. The standard InChI is InChI=1S/C14H21NO2.ClH/c1-16-13-8-6-7-12(14(13)17-2)11-15-9-4-3-5-10-15;/h6-8H,3-5,9-11H2,1-2H3;1H. The molecule has 1 aromatic carbocycles. The van der Waals surface area contributed by atoms with Crippen molar-refractivity contribution in [2.24, 2.45) is 0 Å². The van der Waals surface area contributed by atoms with E-state index in [-0.39, 0.29) is 12.4 Å². The van der Waals surface area contributed by atoms with Crippen LogP contribution < -0.4 is 9.47 Å². The van der Waals surface area contributed by atoms with E-state index < -0.39 is 0 Å². The van der Waals surface area contributed by atoms with Crippen LogP contribution in [0, 0.1) is 0 Å². The molecule has 0 amide bonds. The fraction of sp³-hybridized carbons (Fsp3) is 0.571. The third kappa shape index (κ3) is 3.53. The summed E-state index contributed by atoms with van der Waals surface area (Å²) in [4.78, 5) is 2.49. The summed E-state index contributed by atoms with van der Waals surface area (Å²) in [6.45, 7) is 3.35. The lowest BCUT2D eigenvalue weighted by Crippen LogP contribution is -2.29. The van der Waals surface area contributed by atoms with E-state index in [4.69, 9.17) is 9.47 Å². The molecule has 2 rings (SSSR count). The van der Waals surface area contributed by atoms with E-state index in [0.29, 0.717) is 0 Å². The van der Waals surface area contributed by atoms with Gasteiger partial charge in [-0.05, 0) is 32.0 Å². The van der Waals surface area contributed by atoms with Crippen molar-refractivity contribution in [1.29, 1.82) is 0 Å². The monoisotopic (exact) mass is 271 g/mol. The number of nitrogens with zero attached hydrogens (tertiary/aromatic N) is 1. The summed E-state index contributed by atoms with van der Waals surface area (Å²) in [6, 6.07) is 6.09. The van der Waals surface area contributed by atoms with E-state index >= 15 is 0 Å². The highest BCUT2D eigenvalue weighted by molar-refractivity contribution is 5.85. The average Bonchev–Trinajstić information content (AvgIpc) is 2.39. The summed E-state index contributed by atoms with van der Waals surface area (Å²) >= 11 is 0. The number of hydrogen-bond donors (Lipinski definition) is 0. The van der Waals surface area contributed by atoms with E-state index in [1.807, 2.05) is 12.1 Å². The first-order valence-electron chi connectivity index (χ1n) is 6.27. The number of halogens is 1. The molecule has 0 bridgehead atoms. The van der Waals surface area contributed by atoms with Gasteiger partial charge in [-0.15, -0.1) is 12.4 Å². The number of para-hydroxylation sites is 1. The van der Waals surface area contributed by atoms with Gasteiger partial charge in [0.25, 0.3) is 0 Å². The Bertz CT molecular complexity index is 365. The molecule has 1 heterocycles. The summed E-state index contributed by atoms with van der Waals surface area (Å²) < 4.78 is 10.8. The Morgan fingerprint density at radius 1 is 1.06 bits per heavy atom. The molecule has 0 atom stereocenters. The van der Waals surface area contributed by atoms with Crippen LogP contribution in [0.1, 0.15) is 24.8 Å². The number of benzene rings is 1. The molecule has 0 unspecified atom stereocenters. The van der Waals surface area contributed by atoms with Crippen molar-refractivity contribution in [3.63, 3.8) is 0 Å². The van der Waals surface area contributed by atoms with Crippen LogP contribution in [-0.2, 0) is 6.54 Å². The van der Waals surface area contributed by atoms with Gasteiger partial charge in [-0.25, -0.2) is 0 Å². The molecule has 0 spiro atoms. The van der Waals surface area contributed by atoms with Crippen LogP contribution in [0.4, 0.5) is 0 Å². The average molecular weight is 272 g/mol. The highest BCUT2D eigenvalue weighted by Crippen LogP contribution is 2.31. The van der Waals surface area contributed by atoms with Gasteiger partial charge in [0.15, 0.2) is 11.5 Å². The van der Waals surface area contributed by atoms with Gasteiger partial charge in [-0.2, -0.15) is 0 Å². The number of hydrogen-bond acceptors (Lipinski definition) is 3. The zero-order chi connectivity index (χ0) is 12.1. The summed E-state index contributed by atoms with van der Waals surface area (Å²) in [5, 5.41) is 0. The van der Waals surface area contributed by atoms with Gasteiger partial charge in [0.1, 0.15) is 0 Å². The van der Waals surface area contributed by atoms with Crippen molar-refractivity contribution in [3.05, 3.63) is 23.8 Å². The smallest absolute Gasteiger partial charge is 0.165 e.